The minimum atomic E-state index is 0.534. The van der Waals surface area contributed by atoms with Crippen molar-refractivity contribution in [3.05, 3.63) is 25.7 Å². The third-order valence-electron chi connectivity index (χ3n) is 1.05. The Morgan fingerprint density at radius 1 is 1.15 bits per heavy atom. The minimum absolute atomic E-state index is 0.534. The van der Waals surface area contributed by atoms with Crippen molar-refractivity contribution >= 4 is 11.6 Å². The number of alkyl halides is 1. The molecule has 0 N–H and O–H groups in total. The Hall–Kier alpha value is -0.630. The number of rotatable bonds is 7. The lowest BCUT2D eigenvalue weighted by molar-refractivity contribution is 0.245. The van der Waals surface area contributed by atoms with Crippen LogP contribution in [0.2, 0.25) is 0 Å². The highest BCUT2D eigenvalue weighted by molar-refractivity contribution is 6.17. The van der Waals surface area contributed by atoms with Gasteiger partial charge in [0.2, 0.25) is 0 Å². The smallest absolute Gasteiger partial charge is 0.101 e. The molecule has 0 aromatic carbocycles. The fourth-order valence-corrected chi connectivity index (χ4v) is 0.528. The Morgan fingerprint density at radius 2 is 1.69 bits per heavy atom. The second kappa shape index (κ2) is 17.5. The van der Waals surface area contributed by atoms with Crippen LogP contribution in [0.5, 0.6) is 0 Å². The molecule has 0 heterocycles. The molecule has 0 unspecified atom stereocenters. The van der Waals surface area contributed by atoms with Crippen LogP contribution >= 0.6 is 11.6 Å². The van der Waals surface area contributed by atoms with Gasteiger partial charge in [0.25, 0.3) is 0 Å². The average molecular weight is 207 g/mol. The van der Waals surface area contributed by atoms with Crippen LogP contribution in [-0.2, 0) is 9.47 Å². The summed E-state index contributed by atoms with van der Waals surface area (Å²) in [6, 6.07) is 0. The summed E-state index contributed by atoms with van der Waals surface area (Å²) in [5, 5.41) is 0. The maximum Gasteiger partial charge on any atom is 0.101 e. The van der Waals surface area contributed by atoms with E-state index in [1.165, 1.54) is 18.9 Å². The van der Waals surface area contributed by atoms with Gasteiger partial charge in [0.15, 0.2) is 0 Å². The maximum atomic E-state index is 5.21. The standard InChI is InChI=1S/C6H12O.C4H7ClO/c1-3-5-6-7-4-2;1-2-6-4-3-5/h4H,2-3,5-6H2,1H3;2H,1,3-4H2. The van der Waals surface area contributed by atoms with Gasteiger partial charge in [0.1, 0.15) is 6.61 Å². The van der Waals surface area contributed by atoms with Crippen LogP contribution in [-0.4, -0.2) is 19.1 Å². The predicted octanol–water partition coefficient (Wildman–Crippen LogP) is 3.33. The van der Waals surface area contributed by atoms with Crippen molar-refractivity contribution in [2.24, 2.45) is 0 Å². The van der Waals surface area contributed by atoms with E-state index in [0.717, 1.165) is 13.0 Å². The Bertz CT molecular complexity index is 105. The summed E-state index contributed by atoms with van der Waals surface area (Å²) < 4.78 is 9.45. The van der Waals surface area contributed by atoms with Crippen LogP contribution in [0.25, 0.3) is 0 Å². The Balaban J connectivity index is 0. The molecule has 0 aliphatic rings. The fourth-order valence-electron chi connectivity index (χ4n) is 0.439. The molecule has 0 aliphatic carbocycles. The van der Waals surface area contributed by atoms with Gasteiger partial charge >= 0.3 is 0 Å². The lowest BCUT2D eigenvalue weighted by Gasteiger charge is -1.93. The molecule has 13 heavy (non-hydrogen) atoms. The van der Waals surface area contributed by atoms with Crippen LogP contribution in [0, 0.1) is 0 Å². The molecule has 0 radical (unpaired) electrons. The number of unbranched alkanes of at least 4 members (excludes halogenated alkanes) is 1. The Kier molecular flexibility index (Phi) is 20.0. The van der Waals surface area contributed by atoms with Crippen molar-refractivity contribution in [3.63, 3.8) is 0 Å². The first-order valence-electron chi connectivity index (χ1n) is 4.34. The van der Waals surface area contributed by atoms with Gasteiger partial charge in [-0.1, -0.05) is 26.5 Å². The van der Waals surface area contributed by atoms with Gasteiger partial charge in [0, 0.05) is 0 Å². The van der Waals surface area contributed by atoms with Gasteiger partial charge < -0.3 is 9.47 Å². The third kappa shape index (κ3) is 24.6. The molecule has 0 bridgehead atoms. The van der Waals surface area contributed by atoms with E-state index in [1.807, 2.05) is 0 Å². The maximum absolute atomic E-state index is 5.21. The number of hydrogen-bond acceptors (Lipinski definition) is 2. The van der Waals surface area contributed by atoms with Crippen LogP contribution in [0.3, 0.4) is 0 Å². The highest BCUT2D eigenvalue weighted by Gasteiger charge is 1.76. The van der Waals surface area contributed by atoms with Crippen molar-refractivity contribution in [1.29, 1.82) is 0 Å². The van der Waals surface area contributed by atoms with E-state index in [4.69, 9.17) is 16.3 Å². The van der Waals surface area contributed by atoms with Crippen LogP contribution < -0.4 is 0 Å². The summed E-state index contributed by atoms with van der Waals surface area (Å²) >= 11 is 5.21. The van der Waals surface area contributed by atoms with Crippen molar-refractivity contribution in [3.8, 4) is 0 Å². The van der Waals surface area contributed by atoms with E-state index in [-0.39, 0.29) is 0 Å². The molecule has 78 valence electrons. The third-order valence-corrected chi connectivity index (χ3v) is 1.20. The normalized spacial score (nSPS) is 7.85. The molecule has 0 aromatic rings. The van der Waals surface area contributed by atoms with E-state index >= 15 is 0 Å². The van der Waals surface area contributed by atoms with E-state index in [2.05, 4.69) is 24.8 Å². The molecular weight excluding hydrogens is 188 g/mol. The summed E-state index contributed by atoms with van der Waals surface area (Å²) in [5.74, 6) is 0.534. The first-order chi connectivity index (χ1) is 6.33. The molecule has 0 atom stereocenters. The van der Waals surface area contributed by atoms with Crippen molar-refractivity contribution in [2.75, 3.05) is 19.1 Å². The van der Waals surface area contributed by atoms with Crippen molar-refractivity contribution < 1.29 is 9.47 Å². The monoisotopic (exact) mass is 206 g/mol. The quantitative estimate of drug-likeness (QED) is 0.362. The van der Waals surface area contributed by atoms with Gasteiger partial charge in [0.05, 0.1) is 25.0 Å². The molecular formula is C10H19ClO2. The highest BCUT2D eigenvalue weighted by Crippen LogP contribution is 1.86. The first-order valence-corrected chi connectivity index (χ1v) is 4.87. The molecule has 0 saturated heterocycles. The van der Waals surface area contributed by atoms with Gasteiger partial charge in [-0.2, -0.15) is 0 Å². The molecule has 0 amide bonds. The van der Waals surface area contributed by atoms with Gasteiger partial charge in [-0.3, -0.25) is 0 Å². The Morgan fingerprint density at radius 3 is 2.00 bits per heavy atom. The molecule has 0 aromatic heterocycles. The predicted molar refractivity (Wildman–Crippen MR) is 57.9 cm³/mol. The van der Waals surface area contributed by atoms with E-state index in [1.54, 1.807) is 0 Å². The van der Waals surface area contributed by atoms with E-state index < -0.39 is 0 Å². The van der Waals surface area contributed by atoms with Crippen molar-refractivity contribution in [2.45, 2.75) is 19.8 Å². The van der Waals surface area contributed by atoms with Crippen LogP contribution in [0.4, 0.5) is 0 Å². The molecule has 3 heteroatoms. The van der Waals surface area contributed by atoms with Gasteiger partial charge in [-0.05, 0) is 6.42 Å². The highest BCUT2D eigenvalue weighted by atomic mass is 35.5. The van der Waals surface area contributed by atoms with E-state index in [9.17, 15) is 0 Å². The van der Waals surface area contributed by atoms with Crippen molar-refractivity contribution in [1.82, 2.24) is 0 Å². The zero-order valence-electron chi connectivity index (χ0n) is 8.30. The molecule has 0 aliphatic heterocycles. The summed E-state index contributed by atoms with van der Waals surface area (Å²) in [6.45, 7) is 10.2. The first kappa shape index (κ1) is 14.9. The van der Waals surface area contributed by atoms with Gasteiger partial charge in [-0.25, -0.2) is 0 Å². The summed E-state index contributed by atoms with van der Waals surface area (Å²) in [7, 11) is 0. The van der Waals surface area contributed by atoms with E-state index in [0.29, 0.717) is 12.5 Å². The second-order valence-electron chi connectivity index (χ2n) is 2.12. The lowest BCUT2D eigenvalue weighted by atomic mass is 10.4. The minimum Gasteiger partial charge on any atom is -0.502 e. The summed E-state index contributed by atoms with van der Waals surface area (Å²) in [5.41, 5.74) is 0. The molecule has 0 spiro atoms. The zero-order valence-corrected chi connectivity index (χ0v) is 9.05. The van der Waals surface area contributed by atoms with Crippen LogP contribution in [0.1, 0.15) is 19.8 Å². The fraction of sp³-hybridized carbons (Fsp3) is 0.600. The second-order valence-corrected chi connectivity index (χ2v) is 2.50. The number of halogens is 1. The zero-order chi connectivity index (χ0) is 10.4. The summed E-state index contributed by atoms with van der Waals surface area (Å²) in [4.78, 5) is 0. The topological polar surface area (TPSA) is 18.5 Å². The largest absolute Gasteiger partial charge is 0.502 e. The molecule has 0 fully saturated rings. The summed E-state index contributed by atoms with van der Waals surface area (Å²) in [6.07, 6.45) is 5.18. The molecule has 0 saturated carbocycles. The number of ether oxygens (including phenoxy) is 2. The average Bonchev–Trinajstić information content (AvgIpc) is 2.17. The lowest BCUT2D eigenvalue weighted by Crippen LogP contribution is -1.84. The van der Waals surface area contributed by atoms with Crippen LogP contribution in [0.15, 0.2) is 25.7 Å². The van der Waals surface area contributed by atoms with Gasteiger partial charge in [-0.15, -0.1) is 11.6 Å². The molecule has 2 nitrogen and oxygen atoms in total. The SMILES string of the molecule is C=COCCCC.C=COCCCl. The molecule has 0 rings (SSSR count). The Labute approximate surface area is 86.2 Å². The number of hydrogen-bond donors (Lipinski definition) is 0.